The Morgan fingerprint density at radius 2 is 1.69 bits per heavy atom. The monoisotopic (exact) mass is 391 g/mol. The summed E-state index contributed by atoms with van der Waals surface area (Å²) >= 11 is 0. The van der Waals surface area contributed by atoms with E-state index in [1.54, 1.807) is 24.4 Å². The molecule has 0 amide bonds. The topological polar surface area (TPSA) is 108 Å². The Morgan fingerprint density at radius 3 is 2.41 bits per heavy atom. The molecular weight excluding hydrogens is 374 g/mol. The van der Waals surface area contributed by atoms with Gasteiger partial charge in [-0.15, -0.1) is 0 Å². The Balaban J connectivity index is 1.87. The molecule has 29 heavy (non-hydrogen) atoms. The van der Waals surface area contributed by atoms with Crippen LogP contribution in [0.3, 0.4) is 0 Å². The molecule has 0 aliphatic rings. The number of nitrogens with zero attached hydrogens (tertiary/aromatic N) is 3. The van der Waals surface area contributed by atoms with Gasteiger partial charge in [0.05, 0.1) is 21.6 Å². The number of nitro benzene ring substituents is 2. The summed E-state index contributed by atoms with van der Waals surface area (Å²) in [4.78, 5) is 25.2. The molecule has 0 aliphatic carbocycles. The first-order chi connectivity index (χ1) is 13.8. The van der Waals surface area contributed by atoms with Crippen LogP contribution >= 0.6 is 0 Å². The van der Waals surface area contributed by atoms with E-state index in [1.807, 2.05) is 38.1 Å². The SMILES string of the molecule is Cc1cccc(N=Cc2cccc(Oc3ccc([N+](=O)[O-])cc3[N+](=O)[O-])c2)c1C. The fourth-order valence-electron chi connectivity index (χ4n) is 2.65. The van der Waals surface area contributed by atoms with E-state index in [4.69, 9.17) is 4.74 Å². The Hall–Kier alpha value is -4.07. The van der Waals surface area contributed by atoms with Crippen LogP contribution in [0.4, 0.5) is 17.1 Å². The summed E-state index contributed by atoms with van der Waals surface area (Å²) < 4.78 is 5.62. The predicted octanol–water partition coefficient (Wildman–Crippen LogP) is 5.66. The van der Waals surface area contributed by atoms with Crippen LogP contribution in [0.25, 0.3) is 0 Å². The molecule has 0 saturated heterocycles. The molecular formula is C21H17N3O5. The molecule has 0 unspecified atom stereocenters. The predicted molar refractivity (Wildman–Crippen MR) is 109 cm³/mol. The fraction of sp³-hybridized carbons (Fsp3) is 0.0952. The second-order valence-corrected chi connectivity index (χ2v) is 6.32. The smallest absolute Gasteiger partial charge is 0.318 e. The number of hydrogen-bond donors (Lipinski definition) is 0. The van der Waals surface area contributed by atoms with Gasteiger partial charge in [0.1, 0.15) is 5.75 Å². The van der Waals surface area contributed by atoms with Crippen LogP contribution in [-0.2, 0) is 0 Å². The maximum atomic E-state index is 11.3. The van der Waals surface area contributed by atoms with Crippen LogP contribution in [-0.4, -0.2) is 16.1 Å². The Bertz CT molecular complexity index is 1130. The second kappa shape index (κ2) is 8.30. The first-order valence-corrected chi connectivity index (χ1v) is 8.66. The maximum absolute atomic E-state index is 11.3. The summed E-state index contributed by atoms with van der Waals surface area (Å²) in [6, 6.07) is 16.0. The Kier molecular flexibility index (Phi) is 5.64. The third-order valence-electron chi connectivity index (χ3n) is 4.36. The van der Waals surface area contributed by atoms with E-state index in [0.29, 0.717) is 5.75 Å². The lowest BCUT2D eigenvalue weighted by atomic mass is 10.1. The van der Waals surface area contributed by atoms with E-state index < -0.39 is 15.5 Å². The minimum Gasteiger partial charge on any atom is -0.450 e. The van der Waals surface area contributed by atoms with Gasteiger partial charge in [0.25, 0.3) is 5.69 Å². The third kappa shape index (κ3) is 4.62. The third-order valence-corrected chi connectivity index (χ3v) is 4.36. The molecule has 0 atom stereocenters. The first kappa shape index (κ1) is 19.7. The summed E-state index contributed by atoms with van der Waals surface area (Å²) in [5.41, 5.74) is 2.96. The summed E-state index contributed by atoms with van der Waals surface area (Å²) in [7, 11) is 0. The average molecular weight is 391 g/mol. The second-order valence-electron chi connectivity index (χ2n) is 6.32. The lowest BCUT2D eigenvalue weighted by Crippen LogP contribution is -1.96. The highest BCUT2D eigenvalue weighted by molar-refractivity contribution is 5.83. The van der Waals surface area contributed by atoms with Crippen molar-refractivity contribution in [3.05, 3.63) is 97.6 Å². The summed E-state index contributed by atoms with van der Waals surface area (Å²) in [6.45, 7) is 4.01. The summed E-state index contributed by atoms with van der Waals surface area (Å²) in [5.74, 6) is 0.274. The van der Waals surface area contributed by atoms with E-state index in [0.717, 1.165) is 34.5 Å². The average Bonchev–Trinajstić information content (AvgIpc) is 2.69. The van der Waals surface area contributed by atoms with Crippen molar-refractivity contribution in [2.24, 2.45) is 4.99 Å². The fourth-order valence-corrected chi connectivity index (χ4v) is 2.65. The minimum absolute atomic E-state index is 0.0794. The normalized spacial score (nSPS) is 10.8. The van der Waals surface area contributed by atoms with Gasteiger partial charge in [-0.05, 0) is 54.8 Å². The zero-order valence-corrected chi connectivity index (χ0v) is 15.7. The molecule has 0 N–H and O–H groups in total. The van der Waals surface area contributed by atoms with E-state index in [-0.39, 0.29) is 11.4 Å². The quantitative estimate of drug-likeness (QED) is 0.306. The zero-order chi connectivity index (χ0) is 21.0. The van der Waals surface area contributed by atoms with Gasteiger partial charge < -0.3 is 4.74 Å². The van der Waals surface area contributed by atoms with Crippen molar-refractivity contribution in [1.82, 2.24) is 0 Å². The van der Waals surface area contributed by atoms with Crippen molar-refractivity contribution in [1.29, 1.82) is 0 Å². The molecule has 0 aromatic heterocycles. The van der Waals surface area contributed by atoms with Crippen LogP contribution in [0.15, 0.2) is 65.7 Å². The largest absolute Gasteiger partial charge is 0.450 e. The summed E-state index contributed by atoms with van der Waals surface area (Å²) in [5, 5.41) is 22.1. The molecule has 0 saturated carbocycles. The van der Waals surface area contributed by atoms with Crippen LogP contribution in [0.2, 0.25) is 0 Å². The zero-order valence-electron chi connectivity index (χ0n) is 15.7. The van der Waals surface area contributed by atoms with Crippen molar-refractivity contribution in [2.75, 3.05) is 0 Å². The number of aryl methyl sites for hydroxylation is 1. The van der Waals surface area contributed by atoms with E-state index in [9.17, 15) is 20.2 Å². The van der Waals surface area contributed by atoms with Gasteiger partial charge in [0.15, 0.2) is 0 Å². The van der Waals surface area contributed by atoms with Crippen molar-refractivity contribution in [2.45, 2.75) is 13.8 Å². The molecule has 0 fully saturated rings. The molecule has 8 nitrogen and oxygen atoms in total. The number of ether oxygens (including phenoxy) is 1. The van der Waals surface area contributed by atoms with Gasteiger partial charge >= 0.3 is 5.69 Å². The van der Waals surface area contributed by atoms with Crippen molar-refractivity contribution < 1.29 is 14.6 Å². The number of rotatable bonds is 6. The van der Waals surface area contributed by atoms with E-state index in [2.05, 4.69) is 4.99 Å². The van der Waals surface area contributed by atoms with Crippen LogP contribution in [0.1, 0.15) is 16.7 Å². The molecule has 0 heterocycles. The highest BCUT2D eigenvalue weighted by atomic mass is 16.6. The molecule has 146 valence electrons. The molecule has 8 heteroatoms. The number of non-ortho nitro benzene ring substituents is 1. The van der Waals surface area contributed by atoms with E-state index in [1.165, 1.54) is 6.07 Å². The lowest BCUT2D eigenvalue weighted by Gasteiger charge is -2.07. The standard InChI is InChI=1S/C21H17N3O5/c1-14-5-3-8-19(15(14)2)22-13-16-6-4-7-18(11-16)29-21-10-9-17(23(25)26)12-20(21)24(27)28/h3-13H,1-2H3. The molecule has 0 spiro atoms. The van der Waals surface area contributed by atoms with Gasteiger partial charge in [-0.25, -0.2) is 0 Å². The highest BCUT2D eigenvalue weighted by Gasteiger charge is 2.21. The van der Waals surface area contributed by atoms with E-state index >= 15 is 0 Å². The van der Waals surface area contributed by atoms with Crippen molar-refractivity contribution in [3.63, 3.8) is 0 Å². The molecule has 0 radical (unpaired) electrons. The molecule has 3 aromatic carbocycles. The number of hydrogen-bond acceptors (Lipinski definition) is 6. The first-order valence-electron chi connectivity index (χ1n) is 8.66. The van der Waals surface area contributed by atoms with Gasteiger partial charge in [-0.1, -0.05) is 24.3 Å². The van der Waals surface area contributed by atoms with Crippen LogP contribution in [0, 0.1) is 34.1 Å². The van der Waals surface area contributed by atoms with Gasteiger partial charge in [0, 0.05) is 12.3 Å². The van der Waals surface area contributed by atoms with Gasteiger partial charge in [-0.3, -0.25) is 25.2 Å². The van der Waals surface area contributed by atoms with Crippen molar-refractivity contribution >= 4 is 23.3 Å². The Labute approximate surface area is 166 Å². The molecule has 3 rings (SSSR count). The van der Waals surface area contributed by atoms with Gasteiger partial charge in [0.2, 0.25) is 5.75 Å². The lowest BCUT2D eigenvalue weighted by molar-refractivity contribution is -0.394. The highest BCUT2D eigenvalue weighted by Crippen LogP contribution is 2.34. The number of benzene rings is 3. The molecule has 3 aromatic rings. The van der Waals surface area contributed by atoms with Crippen LogP contribution < -0.4 is 4.74 Å². The summed E-state index contributed by atoms with van der Waals surface area (Å²) in [6.07, 6.45) is 1.68. The van der Waals surface area contributed by atoms with Gasteiger partial charge in [-0.2, -0.15) is 0 Å². The van der Waals surface area contributed by atoms with Crippen LogP contribution in [0.5, 0.6) is 11.5 Å². The molecule has 0 bridgehead atoms. The number of aliphatic imine (C=N–C) groups is 1. The minimum atomic E-state index is -0.714. The number of nitro groups is 2. The van der Waals surface area contributed by atoms with Crippen molar-refractivity contribution in [3.8, 4) is 11.5 Å². The maximum Gasteiger partial charge on any atom is 0.318 e. The molecule has 0 aliphatic heterocycles. The Morgan fingerprint density at radius 1 is 0.931 bits per heavy atom.